The molecule has 1 aromatic rings. The van der Waals surface area contributed by atoms with Crippen LogP contribution in [0.3, 0.4) is 0 Å². The number of unbranched alkanes of at least 4 members (excludes halogenated alkanes) is 1. The van der Waals surface area contributed by atoms with Crippen LogP contribution in [-0.2, 0) is 21.0 Å². The maximum atomic E-state index is 13.0. The summed E-state index contributed by atoms with van der Waals surface area (Å²) < 4.78 is 65.7. The van der Waals surface area contributed by atoms with Gasteiger partial charge in [0.15, 0.2) is 0 Å². The number of hydrogen-bond donors (Lipinski definition) is 0. The SMILES string of the molecule is CCCCN(C(=O)C1CCN(S(=O)(=O)c2cccc(C(F)(F)F)c2)CC1)C(C)CC. The van der Waals surface area contributed by atoms with Crippen molar-refractivity contribution in [1.29, 1.82) is 0 Å². The number of alkyl halides is 3. The van der Waals surface area contributed by atoms with Crippen molar-refractivity contribution >= 4 is 15.9 Å². The zero-order valence-electron chi connectivity index (χ0n) is 17.8. The van der Waals surface area contributed by atoms with Gasteiger partial charge < -0.3 is 4.90 Å². The third-order valence-corrected chi connectivity index (χ3v) is 7.66. The zero-order chi connectivity index (χ0) is 22.5. The van der Waals surface area contributed by atoms with Crippen LogP contribution in [0, 0.1) is 5.92 Å². The number of carbonyl (C=O) groups is 1. The van der Waals surface area contributed by atoms with Gasteiger partial charge in [-0.15, -0.1) is 0 Å². The third kappa shape index (κ3) is 5.75. The normalized spacial score (nSPS) is 17.7. The van der Waals surface area contributed by atoms with Crippen LogP contribution in [0.4, 0.5) is 13.2 Å². The van der Waals surface area contributed by atoms with E-state index in [4.69, 9.17) is 0 Å². The number of piperidine rings is 1. The molecule has 2 rings (SSSR count). The van der Waals surface area contributed by atoms with Crippen molar-refractivity contribution in [3.8, 4) is 0 Å². The molecule has 5 nitrogen and oxygen atoms in total. The lowest BCUT2D eigenvalue weighted by molar-refractivity contribution is -0.139. The maximum absolute atomic E-state index is 13.0. The first kappa shape index (κ1) is 24.7. The molecule has 0 aliphatic carbocycles. The lowest BCUT2D eigenvalue weighted by Gasteiger charge is -2.36. The second-order valence-electron chi connectivity index (χ2n) is 7.85. The number of rotatable bonds is 8. The Morgan fingerprint density at radius 3 is 2.40 bits per heavy atom. The second kappa shape index (κ2) is 10.1. The molecule has 170 valence electrons. The first-order chi connectivity index (χ1) is 14.0. The third-order valence-electron chi connectivity index (χ3n) is 5.76. The molecule has 9 heteroatoms. The predicted molar refractivity (Wildman–Crippen MR) is 109 cm³/mol. The maximum Gasteiger partial charge on any atom is 0.416 e. The molecule has 1 heterocycles. The van der Waals surface area contributed by atoms with Crippen molar-refractivity contribution < 1.29 is 26.4 Å². The van der Waals surface area contributed by atoms with Gasteiger partial charge in [-0.3, -0.25) is 4.79 Å². The van der Waals surface area contributed by atoms with Crippen molar-refractivity contribution in [1.82, 2.24) is 9.21 Å². The second-order valence-corrected chi connectivity index (χ2v) is 9.78. The zero-order valence-corrected chi connectivity index (χ0v) is 18.6. The topological polar surface area (TPSA) is 57.7 Å². The summed E-state index contributed by atoms with van der Waals surface area (Å²) in [6, 6.07) is 3.92. The van der Waals surface area contributed by atoms with Gasteiger partial charge in [-0.05, 0) is 50.8 Å². The Balaban J connectivity index is 2.09. The van der Waals surface area contributed by atoms with E-state index >= 15 is 0 Å². The van der Waals surface area contributed by atoms with E-state index in [1.54, 1.807) is 0 Å². The molecule has 1 aromatic carbocycles. The summed E-state index contributed by atoms with van der Waals surface area (Å²) >= 11 is 0. The lowest BCUT2D eigenvalue weighted by Crippen LogP contribution is -2.47. The van der Waals surface area contributed by atoms with Crippen LogP contribution in [-0.4, -0.2) is 49.2 Å². The summed E-state index contributed by atoms with van der Waals surface area (Å²) in [5, 5.41) is 0. The van der Waals surface area contributed by atoms with E-state index in [9.17, 15) is 26.4 Å². The fourth-order valence-corrected chi connectivity index (χ4v) is 5.17. The van der Waals surface area contributed by atoms with Crippen molar-refractivity contribution in [3.63, 3.8) is 0 Å². The van der Waals surface area contributed by atoms with Gasteiger partial charge in [0.2, 0.25) is 15.9 Å². The van der Waals surface area contributed by atoms with Crippen molar-refractivity contribution in [2.45, 2.75) is 70.0 Å². The highest BCUT2D eigenvalue weighted by atomic mass is 32.2. The molecular formula is C21H31F3N2O3S. The van der Waals surface area contributed by atoms with Crippen LogP contribution in [0.5, 0.6) is 0 Å². The molecule has 1 aliphatic rings. The molecule has 0 bridgehead atoms. The minimum atomic E-state index is -4.61. The summed E-state index contributed by atoms with van der Waals surface area (Å²) in [6.45, 7) is 7.04. The van der Waals surface area contributed by atoms with E-state index in [1.165, 1.54) is 10.4 Å². The summed E-state index contributed by atoms with van der Waals surface area (Å²) in [6.07, 6.45) is -1.13. The molecule has 1 amide bonds. The summed E-state index contributed by atoms with van der Waals surface area (Å²) in [5.74, 6) is -0.210. The first-order valence-corrected chi connectivity index (χ1v) is 11.9. The summed E-state index contributed by atoms with van der Waals surface area (Å²) in [5.41, 5.74) is -0.992. The molecule has 0 spiro atoms. The number of sulfonamides is 1. The van der Waals surface area contributed by atoms with Gasteiger partial charge in [0.1, 0.15) is 0 Å². The van der Waals surface area contributed by atoms with Crippen LogP contribution in [0.1, 0.15) is 58.4 Å². The average Bonchev–Trinajstić information content (AvgIpc) is 2.73. The highest BCUT2D eigenvalue weighted by Crippen LogP contribution is 2.32. The number of hydrogen-bond acceptors (Lipinski definition) is 3. The first-order valence-electron chi connectivity index (χ1n) is 10.5. The molecule has 0 aromatic heterocycles. The number of amides is 1. The molecule has 1 unspecified atom stereocenters. The van der Waals surface area contributed by atoms with E-state index in [0.717, 1.165) is 31.4 Å². The van der Waals surface area contributed by atoms with Gasteiger partial charge >= 0.3 is 6.18 Å². The Hall–Kier alpha value is -1.61. The van der Waals surface area contributed by atoms with Gasteiger partial charge in [0, 0.05) is 31.6 Å². The van der Waals surface area contributed by atoms with E-state index in [0.29, 0.717) is 25.5 Å². The minimum absolute atomic E-state index is 0.0499. The van der Waals surface area contributed by atoms with Crippen LogP contribution in [0.2, 0.25) is 0 Å². The minimum Gasteiger partial charge on any atom is -0.340 e. The smallest absolute Gasteiger partial charge is 0.340 e. The Morgan fingerprint density at radius 2 is 1.87 bits per heavy atom. The average molecular weight is 449 g/mol. The Bertz CT molecular complexity index is 819. The van der Waals surface area contributed by atoms with Gasteiger partial charge in [-0.1, -0.05) is 26.3 Å². The highest BCUT2D eigenvalue weighted by Gasteiger charge is 2.36. The molecule has 0 saturated carbocycles. The van der Waals surface area contributed by atoms with Gasteiger partial charge in [-0.25, -0.2) is 8.42 Å². The molecule has 1 atom stereocenters. The van der Waals surface area contributed by atoms with Crippen molar-refractivity contribution in [2.75, 3.05) is 19.6 Å². The van der Waals surface area contributed by atoms with Gasteiger partial charge in [0.05, 0.1) is 10.5 Å². The quantitative estimate of drug-likeness (QED) is 0.587. The van der Waals surface area contributed by atoms with Crippen molar-refractivity contribution in [3.05, 3.63) is 29.8 Å². The van der Waals surface area contributed by atoms with Crippen molar-refractivity contribution in [2.24, 2.45) is 5.92 Å². The Labute approximate surface area is 177 Å². The molecule has 30 heavy (non-hydrogen) atoms. The van der Waals surface area contributed by atoms with Gasteiger partial charge in [-0.2, -0.15) is 17.5 Å². The number of carbonyl (C=O) groups excluding carboxylic acids is 1. The Kier molecular flexibility index (Phi) is 8.33. The largest absolute Gasteiger partial charge is 0.416 e. The Morgan fingerprint density at radius 1 is 1.23 bits per heavy atom. The molecule has 1 saturated heterocycles. The van der Waals surface area contributed by atoms with Crippen LogP contribution in [0.25, 0.3) is 0 Å². The number of nitrogens with zero attached hydrogens (tertiary/aromatic N) is 2. The van der Waals surface area contributed by atoms with E-state index in [-0.39, 0.29) is 35.9 Å². The van der Waals surface area contributed by atoms with Crippen LogP contribution < -0.4 is 0 Å². The van der Waals surface area contributed by atoms with Gasteiger partial charge in [0.25, 0.3) is 0 Å². The summed E-state index contributed by atoms with van der Waals surface area (Å²) in [4.78, 5) is 14.5. The molecule has 1 fully saturated rings. The van der Waals surface area contributed by atoms with E-state index < -0.39 is 21.8 Å². The highest BCUT2D eigenvalue weighted by molar-refractivity contribution is 7.89. The molecular weight excluding hydrogens is 417 g/mol. The summed E-state index contributed by atoms with van der Waals surface area (Å²) in [7, 11) is -4.04. The lowest BCUT2D eigenvalue weighted by atomic mass is 9.95. The van der Waals surface area contributed by atoms with E-state index in [2.05, 4.69) is 6.92 Å². The number of benzene rings is 1. The van der Waals surface area contributed by atoms with Crippen LogP contribution >= 0.6 is 0 Å². The molecule has 0 N–H and O–H groups in total. The number of halogens is 3. The molecule has 0 radical (unpaired) electrons. The fourth-order valence-electron chi connectivity index (χ4n) is 3.66. The molecule has 1 aliphatic heterocycles. The van der Waals surface area contributed by atoms with Crippen LogP contribution in [0.15, 0.2) is 29.2 Å². The predicted octanol–water partition coefficient (Wildman–Crippen LogP) is 4.53. The monoisotopic (exact) mass is 448 g/mol. The van der Waals surface area contributed by atoms with E-state index in [1.807, 2.05) is 18.7 Å². The fraction of sp³-hybridized carbons (Fsp3) is 0.667. The standard InChI is InChI=1S/C21H31F3N2O3S/c1-4-6-12-26(16(3)5-2)20(27)17-10-13-25(14-11-17)30(28,29)19-9-7-8-18(15-19)21(22,23)24/h7-9,15-17H,4-6,10-14H2,1-3H3.